The summed E-state index contributed by atoms with van der Waals surface area (Å²) < 4.78 is 0. The molecule has 0 aliphatic rings. The number of para-hydroxylation sites is 1. The van der Waals surface area contributed by atoms with Crippen LogP contribution in [0.25, 0.3) is 0 Å². The summed E-state index contributed by atoms with van der Waals surface area (Å²) in [5.74, 6) is 0. The molecule has 4 heteroatoms. The SMILES string of the molecule is CCc1ccccc1NC(=O)NCc1cccc(CN(C)C)c1. The predicted octanol–water partition coefficient (Wildman–Crippen LogP) is 3.63. The second-order valence-electron chi connectivity index (χ2n) is 5.88. The van der Waals surface area contributed by atoms with E-state index in [1.807, 2.05) is 50.5 Å². The van der Waals surface area contributed by atoms with Crippen LogP contribution >= 0.6 is 0 Å². The molecule has 122 valence electrons. The Morgan fingerprint density at radius 3 is 2.52 bits per heavy atom. The maximum atomic E-state index is 12.1. The van der Waals surface area contributed by atoms with Crippen LogP contribution < -0.4 is 10.6 Å². The average molecular weight is 311 g/mol. The lowest BCUT2D eigenvalue weighted by Gasteiger charge is -2.13. The van der Waals surface area contributed by atoms with Crippen LogP contribution in [-0.2, 0) is 19.5 Å². The molecule has 0 fully saturated rings. The molecule has 23 heavy (non-hydrogen) atoms. The zero-order valence-electron chi connectivity index (χ0n) is 14.1. The summed E-state index contributed by atoms with van der Waals surface area (Å²) in [6.07, 6.45) is 0.892. The minimum absolute atomic E-state index is 0.177. The summed E-state index contributed by atoms with van der Waals surface area (Å²) in [7, 11) is 4.09. The van der Waals surface area contributed by atoms with Crippen molar-refractivity contribution < 1.29 is 4.79 Å². The van der Waals surface area contributed by atoms with Gasteiger partial charge in [0.1, 0.15) is 0 Å². The Labute approximate surface area is 138 Å². The Hall–Kier alpha value is -2.33. The largest absolute Gasteiger partial charge is 0.334 e. The fraction of sp³-hybridized carbons (Fsp3) is 0.316. The molecular weight excluding hydrogens is 286 g/mol. The maximum absolute atomic E-state index is 12.1. The maximum Gasteiger partial charge on any atom is 0.319 e. The van der Waals surface area contributed by atoms with Crippen LogP contribution in [0.3, 0.4) is 0 Å². The first kappa shape index (κ1) is 17.0. The molecule has 0 heterocycles. The summed E-state index contributed by atoms with van der Waals surface area (Å²) in [5.41, 5.74) is 4.35. The highest BCUT2D eigenvalue weighted by atomic mass is 16.2. The number of nitrogens with zero attached hydrogens (tertiary/aromatic N) is 1. The molecule has 0 aliphatic carbocycles. The van der Waals surface area contributed by atoms with Crippen molar-refractivity contribution >= 4 is 11.7 Å². The third-order valence-electron chi connectivity index (χ3n) is 3.59. The Bertz CT molecular complexity index is 653. The van der Waals surface area contributed by atoms with Crippen molar-refractivity contribution in [3.63, 3.8) is 0 Å². The van der Waals surface area contributed by atoms with E-state index in [0.29, 0.717) is 6.54 Å². The van der Waals surface area contributed by atoms with E-state index in [4.69, 9.17) is 0 Å². The number of anilines is 1. The minimum atomic E-state index is -0.177. The van der Waals surface area contributed by atoms with Crippen LogP contribution in [0, 0.1) is 0 Å². The van der Waals surface area contributed by atoms with E-state index >= 15 is 0 Å². The number of nitrogens with one attached hydrogen (secondary N) is 2. The van der Waals surface area contributed by atoms with Gasteiger partial charge in [-0.25, -0.2) is 4.79 Å². The molecular formula is C19H25N3O. The molecule has 0 aromatic heterocycles. The number of carbonyl (C=O) groups excluding carboxylic acids is 1. The summed E-state index contributed by atoms with van der Waals surface area (Å²) >= 11 is 0. The van der Waals surface area contributed by atoms with Gasteiger partial charge in [0.05, 0.1) is 0 Å². The second-order valence-corrected chi connectivity index (χ2v) is 5.88. The van der Waals surface area contributed by atoms with E-state index in [9.17, 15) is 4.79 Å². The van der Waals surface area contributed by atoms with Gasteiger partial charge in [0.25, 0.3) is 0 Å². The molecule has 2 amide bonds. The molecule has 0 saturated carbocycles. The van der Waals surface area contributed by atoms with Crippen molar-refractivity contribution in [3.8, 4) is 0 Å². The molecule has 0 bridgehead atoms. The summed E-state index contributed by atoms with van der Waals surface area (Å²) in [4.78, 5) is 14.2. The van der Waals surface area contributed by atoms with Crippen LogP contribution in [0.5, 0.6) is 0 Å². The van der Waals surface area contributed by atoms with Crippen molar-refractivity contribution in [2.45, 2.75) is 26.4 Å². The van der Waals surface area contributed by atoms with Gasteiger partial charge in [0.15, 0.2) is 0 Å². The van der Waals surface area contributed by atoms with Crippen molar-refractivity contribution in [3.05, 3.63) is 65.2 Å². The summed E-state index contributed by atoms with van der Waals surface area (Å²) in [5, 5.41) is 5.84. The van der Waals surface area contributed by atoms with Gasteiger partial charge in [-0.2, -0.15) is 0 Å². The van der Waals surface area contributed by atoms with E-state index in [2.05, 4.69) is 34.6 Å². The molecule has 0 saturated heterocycles. The first-order valence-corrected chi connectivity index (χ1v) is 7.93. The number of rotatable bonds is 6. The highest BCUT2D eigenvalue weighted by molar-refractivity contribution is 5.90. The first-order chi connectivity index (χ1) is 11.1. The van der Waals surface area contributed by atoms with Gasteiger partial charge in [0.2, 0.25) is 0 Å². The van der Waals surface area contributed by atoms with E-state index in [1.54, 1.807) is 0 Å². The fourth-order valence-electron chi connectivity index (χ4n) is 2.50. The molecule has 0 atom stereocenters. The average Bonchev–Trinajstić information content (AvgIpc) is 2.53. The van der Waals surface area contributed by atoms with Gasteiger partial charge in [0, 0.05) is 18.8 Å². The molecule has 4 nitrogen and oxygen atoms in total. The van der Waals surface area contributed by atoms with Crippen LogP contribution in [0.15, 0.2) is 48.5 Å². The van der Waals surface area contributed by atoms with E-state index in [1.165, 1.54) is 5.56 Å². The van der Waals surface area contributed by atoms with Crippen LogP contribution in [0.2, 0.25) is 0 Å². The lowest BCUT2D eigenvalue weighted by Crippen LogP contribution is -2.28. The predicted molar refractivity (Wildman–Crippen MR) is 95.5 cm³/mol. The Balaban J connectivity index is 1.91. The molecule has 2 aromatic carbocycles. The Morgan fingerprint density at radius 2 is 1.78 bits per heavy atom. The Morgan fingerprint density at radius 1 is 1.04 bits per heavy atom. The van der Waals surface area contributed by atoms with Gasteiger partial charge in [-0.3, -0.25) is 0 Å². The number of aryl methyl sites for hydroxylation is 1. The zero-order chi connectivity index (χ0) is 16.7. The summed E-state index contributed by atoms with van der Waals surface area (Å²) in [6, 6.07) is 16.0. The van der Waals surface area contributed by atoms with Gasteiger partial charge < -0.3 is 15.5 Å². The highest BCUT2D eigenvalue weighted by Crippen LogP contribution is 2.15. The molecule has 2 rings (SSSR count). The number of hydrogen-bond donors (Lipinski definition) is 2. The van der Waals surface area contributed by atoms with E-state index in [-0.39, 0.29) is 6.03 Å². The highest BCUT2D eigenvalue weighted by Gasteiger charge is 2.05. The lowest BCUT2D eigenvalue weighted by molar-refractivity contribution is 0.251. The number of hydrogen-bond acceptors (Lipinski definition) is 2. The van der Waals surface area contributed by atoms with Gasteiger partial charge in [-0.1, -0.05) is 49.4 Å². The molecule has 0 radical (unpaired) electrons. The monoisotopic (exact) mass is 311 g/mol. The molecule has 2 N–H and O–H groups in total. The topological polar surface area (TPSA) is 44.4 Å². The van der Waals surface area contributed by atoms with Gasteiger partial charge in [-0.15, -0.1) is 0 Å². The zero-order valence-corrected chi connectivity index (χ0v) is 14.1. The quantitative estimate of drug-likeness (QED) is 0.855. The van der Waals surface area contributed by atoms with Crippen LogP contribution in [0.1, 0.15) is 23.6 Å². The standard InChI is InChI=1S/C19H25N3O/c1-4-17-10-5-6-11-18(17)21-19(23)20-13-15-8-7-9-16(12-15)14-22(2)3/h5-12H,4,13-14H2,1-3H3,(H2,20,21,23). The van der Waals surface area contributed by atoms with Crippen LogP contribution in [-0.4, -0.2) is 25.0 Å². The normalized spacial score (nSPS) is 10.6. The fourth-order valence-corrected chi connectivity index (χ4v) is 2.50. The number of amides is 2. The van der Waals surface area contributed by atoms with Crippen molar-refractivity contribution in [1.82, 2.24) is 10.2 Å². The van der Waals surface area contributed by atoms with Crippen molar-refractivity contribution in [2.24, 2.45) is 0 Å². The molecule has 0 aliphatic heterocycles. The molecule has 2 aromatic rings. The van der Waals surface area contributed by atoms with Gasteiger partial charge in [-0.05, 0) is 43.3 Å². The third-order valence-corrected chi connectivity index (χ3v) is 3.59. The Kier molecular flexibility index (Phi) is 6.18. The minimum Gasteiger partial charge on any atom is -0.334 e. The van der Waals surface area contributed by atoms with Crippen LogP contribution in [0.4, 0.5) is 10.5 Å². The first-order valence-electron chi connectivity index (χ1n) is 7.93. The summed E-state index contributed by atoms with van der Waals surface area (Å²) in [6.45, 7) is 3.49. The third kappa shape index (κ3) is 5.42. The van der Waals surface area contributed by atoms with Crippen molar-refractivity contribution in [2.75, 3.05) is 19.4 Å². The number of benzene rings is 2. The smallest absolute Gasteiger partial charge is 0.319 e. The van der Waals surface area contributed by atoms with Gasteiger partial charge >= 0.3 is 6.03 Å². The molecule has 0 unspecified atom stereocenters. The number of carbonyl (C=O) groups is 1. The van der Waals surface area contributed by atoms with E-state index < -0.39 is 0 Å². The molecule has 0 spiro atoms. The van der Waals surface area contributed by atoms with Crippen molar-refractivity contribution in [1.29, 1.82) is 0 Å². The second kappa shape index (κ2) is 8.34. The number of urea groups is 1. The lowest BCUT2D eigenvalue weighted by atomic mass is 10.1. The van der Waals surface area contributed by atoms with E-state index in [0.717, 1.165) is 29.8 Å².